The minimum Gasteiger partial charge on any atom is -0.380 e. The average molecular weight is 328 g/mol. The molecule has 3 aromatic rings. The number of anilines is 1. The molecular formula is C19H18F2N2O. The van der Waals surface area contributed by atoms with Gasteiger partial charge in [-0.2, -0.15) is 0 Å². The molecule has 124 valence electrons. The summed E-state index contributed by atoms with van der Waals surface area (Å²) in [6.07, 6.45) is 1.47. The van der Waals surface area contributed by atoms with E-state index in [1.54, 1.807) is 6.07 Å². The number of halogens is 2. The first-order valence-electron chi connectivity index (χ1n) is 7.81. The first kappa shape index (κ1) is 16.3. The molecule has 1 heterocycles. The van der Waals surface area contributed by atoms with Gasteiger partial charge in [-0.25, -0.2) is 8.78 Å². The largest absolute Gasteiger partial charge is 0.380 e. The molecular weight excluding hydrogens is 310 g/mol. The number of nitrogens with one attached hydrogen (secondary N) is 1. The molecule has 0 saturated carbocycles. The van der Waals surface area contributed by atoms with Crippen molar-refractivity contribution in [1.29, 1.82) is 0 Å². The predicted octanol–water partition coefficient (Wildman–Crippen LogP) is 4.66. The second-order valence-corrected chi connectivity index (χ2v) is 5.42. The number of fused-ring (bicyclic) bond motifs is 1. The van der Waals surface area contributed by atoms with Crippen molar-refractivity contribution in [3.8, 4) is 0 Å². The summed E-state index contributed by atoms with van der Waals surface area (Å²) in [6, 6.07) is 11.8. The Balaban J connectivity index is 1.77. The second-order valence-electron chi connectivity index (χ2n) is 5.42. The summed E-state index contributed by atoms with van der Waals surface area (Å²) in [5, 5.41) is 3.33. The second kappa shape index (κ2) is 7.36. The van der Waals surface area contributed by atoms with Crippen molar-refractivity contribution in [2.45, 2.75) is 20.1 Å². The zero-order chi connectivity index (χ0) is 16.9. The quantitative estimate of drug-likeness (QED) is 0.714. The Morgan fingerprint density at radius 1 is 0.958 bits per heavy atom. The molecule has 1 aromatic heterocycles. The van der Waals surface area contributed by atoms with Gasteiger partial charge in [0.15, 0.2) is 0 Å². The van der Waals surface area contributed by atoms with Crippen LogP contribution in [0.1, 0.15) is 18.1 Å². The summed E-state index contributed by atoms with van der Waals surface area (Å²) < 4.78 is 33.2. The van der Waals surface area contributed by atoms with Gasteiger partial charge in [-0.15, -0.1) is 0 Å². The number of hydrogen-bond acceptors (Lipinski definition) is 3. The number of benzene rings is 2. The van der Waals surface area contributed by atoms with Gasteiger partial charge in [-0.1, -0.05) is 24.3 Å². The maximum Gasteiger partial charge on any atom is 0.149 e. The van der Waals surface area contributed by atoms with E-state index < -0.39 is 11.6 Å². The topological polar surface area (TPSA) is 34.1 Å². The van der Waals surface area contributed by atoms with Crippen LogP contribution in [-0.4, -0.2) is 11.6 Å². The van der Waals surface area contributed by atoms with Gasteiger partial charge >= 0.3 is 0 Å². The Morgan fingerprint density at radius 3 is 2.42 bits per heavy atom. The van der Waals surface area contributed by atoms with E-state index in [2.05, 4.69) is 10.3 Å². The van der Waals surface area contributed by atoms with E-state index in [1.807, 2.05) is 31.2 Å². The number of nitrogens with zero attached hydrogens (tertiary/aromatic N) is 1. The molecule has 0 spiro atoms. The number of pyridine rings is 1. The van der Waals surface area contributed by atoms with Crippen LogP contribution in [0.25, 0.3) is 10.9 Å². The van der Waals surface area contributed by atoms with Crippen molar-refractivity contribution in [3.05, 3.63) is 71.4 Å². The van der Waals surface area contributed by atoms with Crippen molar-refractivity contribution >= 4 is 16.6 Å². The Labute approximate surface area is 139 Å². The first-order chi connectivity index (χ1) is 11.7. The first-order valence-corrected chi connectivity index (χ1v) is 7.81. The molecule has 3 rings (SSSR count). The monoisotopic (exact) mass is 328 g/mol. The van der Waals surface area contributed by atoms with Crippen LogP contribution in [0.3, 0.4) is 0 Å². The summed E-state index contributed by atoms with van der Waals surface area (Å²) in [7, 11) is 0. The van der Waals surface area contributed by atoms with Gasteiger partial charge in [0.2, 0.25) is 0 Å². The van der Waals surface area contributed by atoms with Crippen LogP contribution in [0.15, 0.2) is 48.7 Å². The lowest BCUT2D eigenvalue weighted by atomic mass is 10.1. The van der Waals surface area contributed by atoms with Gasteiger partial charge in [0.1, 0.15) is 17.2 Å². The van der Waals surface area contributed by atoms with E-state index in [0.717, 1.165) is 23.3 Å². The molecule has 0 amide bonds. The van der Waals surface area contributed by atoms with Crippen molar-refractivity contribution in [2.75, 3.05) is 11.9 Å². The molecule has 0 atom stereocenters. The minimum absolute atomic E-state index is 0.0343. The molecule has 24 heavy (non-hydrogen) atoms. The molecule has 0 bridgehead atoms. The Morgan fingerprint density at radius 2 is 1.67 bits per heavy atom. The maximum atomic E-state index is 14.1. The van der Waals surface area contributed by atoms with Crippen molar-refractivity contribution < 1.29 is 13.5 Å². The van der Waals surface area contributed by atoms with Crippen molar-refractivity contribution in [1.82, 2.24) is 4.98 Å². The molecule has 0 radical (unpaired) electrons. The summed E-state index contributed by atoms with van der Waals surface area (Å²) in [5.74, 6) is -1.02. The van der Waals surface area contributed by atoms with Crippen LogP contribution in [-0.2, 0) is 17.9 Å². The number of aromatic nitrogens is 1. The lowest BCUT2D eigenvalue weighted by molar-refractivity contribution is 0.134. The molecule has 0 aliphatic rings. The lowest BCUT2D eigenvalue weighted by Crippen LogP contribution is -2.02. The van der Waals surface area contributed by atoms with E-state index in [4.69, 9.17) is 4.74 Å². The smallest absolute Gasteiger partial charge is 0.149 e. The van der Waals surface area contributed by atoms with Crippen LogP contribution in [0.2, 0.25) is 0 Å². The van der Waals surface area contributed by atoms with Crippen LogP contribution in [0.4, 0.5) is 14.5 Å². The van der Waals surface area contributed by atoms with Crippen LogP contribution >= 0.6 is 0 Å². The molecule has 0 aliphatic heterocycles. The highest BCUT2D eigenvalue weighted by molar-refractivity contribution is 5.91. The standard InChI is InChI=1S/C19H18F2N2O/c1-2-24-12-14-5-3-13(4-6-14)11-23-17-9-10-22-19-16(21)8-7-15(20)18(17)19/h3-10H,2,11-12H2,1H3,(H,22,23). The number of hydrogen-bond donors (Lipinski definition) is 1. The fourth-order valence-corrected chi connectivity index (χ4v) is 2.51. The SMILES string of the molecule is CCOCc1ccc(CNc2ccnc3c(F)ccc(F)c23)cc1. The molecule has 0 unspecified atom stereocenters. The summed E-state index contributed by atoms with van der Waals surface area (Å²) in [6.45, 7) is 3.73. The van der Waals surface area contributed by atoms with E-state index in [1.165, 1.54) is 6.20 Å². The lowest BCUT2D eigenvalue weighted by Gasteiger charge is -2.11. The van der Waals surface area contributed by atoms with Crippen molar-refractivity contribution in [3.63, 3.8) is 0 Å². The maximum absolute atomic E-state index is 14.1. The van der Waals surface area contributed by atoms with Gasteiger partial charge in [0, 0.05) is 25.0 Å². The van der Waals surface area contributed by atoms with E-state index in [0.29, 0.717) is 25.4 Å². The third-order valence-corrected chi connectivity index (χ3v) is 3.77. The van der Waals surface area contributed by atoms with Gasteiger partial charge in [0.25, 0.3) is 0 Å². The molecule has 2 aromatic carbocycles. The third-order valence-electron chi connectivity index (χ3n) is 3.77. The minimum atomic E-state index is -0.532. The third kappa shape index (κ3) is 3.51. The van der Waals surface area contributed by atoms with E-state index >= 15 is 0 Å². The normalized spacial score (nSPS) is 11.0. The van der Waals surface area contributed by atoms with Gasteiger partial charge in [0.05, 0.1) is 12.0 Å². The number of ether oxygens (including phenoxy) is 1. The van der Waals surface area contributed by atoms with Crippen LogP contribution in [0, 0.1) is 11.6 Å². The summed E-state index contributed by atoms with van der Waals surface area (Å²) in [5.41, 5.74) is 2.70. The zero-order valence-corrected chi connectivity index (χ0v) is 13.4. The summed E-state index contributed by atoms with van der Waals surface area (Å²) >= 11 is 0. The van der Waals surface area contributed by atoms with E-state index in [-0.39, 0.29) is 10.9 Å². The Bertz CT molecular complexity index is 835. The van der Waals surface area contributed by atoms with Crippen LogP contribution < -0.4 is 5.32 Å². The highest BCUT2D eigenvalue weighted by Gasteiger charge is 2.11. The van der Waals surface area contributed by atoms with E-state index in [9.17, 15) is 8.78 Å². The Hall–Kier alpha value is -2.53. The van der Waals surface area contributed by atoms with Gasteiger partial charge < -0.3 is 10.1 Å². The van der Waals surface area contributed by atoms with Crippen LogP contribution in [0.5, 0.6) is 0 Å². The fourth-order valence-electron chi connectivity index (χ4n) is 2.51. The fraction of sp³-hybridized carbons (Fsp3) is 0.211. The number of rotatable bonds is 6. The molecule has 0 fully saturated rings. The molecule has 0 saturated heterocycles. The predicted molar refractivity (Wildman–Crippen MR) is 90.8 cm³/mol. The molecule has 3 nitrogen and oxygen atoms in total. The van der Waals surface area contributed by atoms with Gasteiger partial charge in [-0.3, -0.25) is 4.98 Å². The highest BCUT2D eigenvalue weighted by atomic mass is 19.1. The molecule has 1 N–H and O–H groups in total. The summed E-state index contributed by atoms with van der Waals surface area (Å²) in [4.78, 5) is 3.93. The zero-order valence-electron chi connectivity index (χ0n) is 13.4. The average Bonchev–Trinajstić information content (AvgIpc) is 2.62. The van der Waals surface area contributed by atoms with Gasteiger partial charge in [-0.05, 0) is 36.2 Å². The van der Waals surface area contributed by atoms with Crippen molar-refractivity contribution in [2.24, 2.45) is 0 Å². The Kier molecular flexibility index (Phi) is 5.01. The highest BCUT2D eigenvalue weighted by Crippen LogP contribution is 2.26. The molecule has 0 aliphatic carbocycles. The molecule has 5 heteroatoms.